The smallest absolute Gasteiger partial charge is 0.337 e. The number of esters is 1. The van der Waals surface area contributed by atoms with Gasteiger partial charge in [0.05, 0.1) is 18.6 Å². The number of piperidine rings is 1. The lowest BCUT2D eigenvalue weighted by molar-refractivity contribution is -0.126. The molecule has 1 unspecified atom stereocenters. The van der Waals surface area contributed by atoms with Gasteiger partial charge in [-0.05, 0) is 43.5 Å². The molecule has 5 heteroatoms. The molecule has 1 aliphatic heterocycles. The molecule has 1 aliphatic rings. The van der Waals surface area contributed by atoms with Gasteiger partial charge in [-0.25, -0.2) is 4.79 Å². The van der Waals surface area contributed by atoms with E-state index in [1.807, 2.05) is 12.1 Å². The minimum Gasteiger partial charge on any atom is -0.465 e. The molecule has 0 bridgehead atoms. The summed E-state index contributed by atoms with van der Waals surface area (Å²) >= 11 is 0. The van der Waals surface area contributed by atoms with Crippen LogP contribution in [0.4, 0.5) is 0 Å². The quantitative estimate of drug-likeness (QED) is 0.542. The molecule has 1 N–H and O–H groups in total. The molecule has 1 heterocycles. The number of likely N-dealkylation sites (tertiary alicyclic amines) is 1. The van der Waals surface area contributed by atoms with Crippen molar-refractivity contribution in [1.29, 1.82) is 0 Å². The van der Waals surface area contributed by atoms with E-state index in [0.29, 0.717) is 5.56 Å². The van der Waals surface area contributed by atoms with Gasteiger partial charge in [-0.1, -0.05) is 38.3 Å². The number of amides is 1. The van der Waals surface area contributed by atoms with Crippen LogP contribution in [0, 0.1) is 5.92 Å². The van der Waals surface area contributed by atoms with Crippen molar-refractivity contribution < 1.29 is 14.3 Å². The zero-order valence-electron chi connectivity index (χ0n) is 16.1. The monoisotopic (exact) mass is 360 g/mol. The Kier molecular flexibility index (Phi) is 8.62. The molecule has 0 saturated carbocycles. The summed E-state index contributed by atoms with van der Waals surface area (Å²) in [5, 5.41) is 3.11. The maximum Gasteiger partial charge on any atom is 0.337 e. The summed E-state index contributed by atoms with van der Waals surface area (Å²) in [5.74, 6) is -0.0262. The van der Waals surface area contributed by atoms with Crippen molar-refractivity contribution in [3.63, 3.8) is 0 Å². The van der Waals surface area contributed by atoms with Crippen molar-refractivity contribution >= 4 is 11.9 Å². The van der Waals surface area contributed by atoms with Crippen LogP contribution < -0.4 is 5.32 Å². The van der Waals surface area contributed by atoms with Crippen LogP contribution in [0.3, 0.4) is 0 Å². The summed E-state index contributed by atoms with van der Waals surface area (Å²) in [4.78, 5) is 26.2. The third-order valence-corrected chi connectivity index (χ3v) is 4.99. The summed E-state index contributed by atoms with van der Waals surface area (Å²) in [5.41, 5.74) is 1.72. The van der Waals surface area contributed by atoms with Gasteiger partial charge in [-0.3, -0.25) is 9.69 Å². The van der Waals surface area contributed by atoms with Gasteiger partial charge >= 0.3 is 5.97 Å². The number of benzene rings is 1. The number of unbranched alkanes of at least 4 members (excludes halogenated alkanes) is 3. The number of ether oxygens (including phenoxy) is 1. The predicted octanol–water partition coefficient (Wildman–Crippen LogP) is 3.38. The fourth-order valence-corrected chi connectivity index (χ4v) is 3.44. The summed E-state index contributed by atoms with van der Waals surface area (Å²) in [6, 6.07) is 7.52. The van der Waals surface area contributed by atoms with E-state index in [9.17, 15) is 9.59 Å². The van der Waals surface area contributed by atoms with Crippen LogP contribution in [0.15, 0.2) is 24.3 Å². The number of methoxy groups -OCH3 is 1. The molecule has 2 rings (SSSR count). The number of hydrogen-bond donors (Lipinski definition) is 1. The molecule has 1 saturated heterocycles. The van der Waals surface area contributed by atoms with Gasteiger partial charge in [0.2, 0.25) is 5.91 Å². The highest BCUT2D eigenvalue weighted by molar-refractivity contribution is 5.89. The topological polar surface area (TPSA) is 58.6 Å². The fourth-order valence-electron chi connectivity index (χ4n) is 3.44. The SMILES string of the molecule is CCCCCCNC(=O)C1CCCN(Cc2ccc(C(=O)OC)cc2)C1. The molecule has 0 aromatic heterocycles. The lowest BCUT2D eigenvalue weighted by Gasteiger charge is -2.32. The molecule has 5 nitrogen and oxygen atoms in total. The van der Waals surface area contributed by atoms with Crippen molar-refractivity contribution in [3.8, 4) is 0 Å². The zero-order valence-corrected chi connectivity index (χ0v) is 16.1. The molecule has 1 aromatic rings. The van der Waals surface area contributed by atoms with Crippen LogP contribution in [0.5, 0.6) is 0 Å². The van der Waals surface area contributed by atoms with E-state index in [1.54, 1.807) is 12.1 Å². The molecule has 0 radical (unpaired) electrons. The molecule has 0 aliphatic carbocycles. The Bertz CT molecular complexity index is 571. The van der Waals surface area contributed by atoms with Crippen LogP contribution in [0.2, 0.25) is 0 Å². The number of nitrogens with zero attached hydrogens (tertiary/aromatic N) is 1. The minimum atomic E-state index is -0.315. The lowest BCUT2D eigenvalue weighted by Crippen LogP contribution is -2.42. The number of nitrogens with one attached hydrogen (secondary N) is 1. The van der Waals surface area contributed by atoms with Crippen LogP contribution in [0.1, 0.15) is 61.4 Å². The Labute approximate surface area is 157 Å². The van der Waals surface area contributed by atoms with E-state index < -0.39 is 0 Å². The number of carbonyl (C=O) groups excluding carboxylic acids is 2. The van der Waals surface area contributed by atoms with Crippen molar-refractivity contribution in [2.45, 2.75) is 52.0 Å². The Balaban J connectivity index is 1.78. The van der Waals surface area contributed by atoms with E-state index in [2.05, 4.69) is 17.1 Å². The van der Waals surface area contributed by atoms with Gasteiger partial charge in [-0.2, -0.15) is 0 Å². The first-order valence-corrected chi connectivity index (χ1v) is 9.81. The second kappa shape index (κ2) is 11.0. The highest BCUT2D eigenvalue weighted by atomic mass is 16.5. The van der Waals surface area contributed by atoms with Crippen molar-refractivity contribution in [1.82, 2.24) is 10.2 Å². The van der Waals surface area contributed by atoms with Gasteiger partial charge in [0.1, 0.15) is 0 Å². The highest BCUT2D eigenvalue weighted by Crippen LogP contribution is 2.19. The highest BCUT2D eigenvalue weighted by Gasteiger charge is 2.25. The molecule has 1 aromatic carbocycles. The molecule has 26 heavy (non-hydrogen) atoms. The second-order valence-corrected chi connectivity index (χ2v) is 7.11. The zero-order chi connectivity index (χ0) is 18.8. The van der Waals surface area contributed by atoms with Crippen LogP contribution >= 0.6 is 0 Å². The Morgan fingerprint density at radius 1 is 1.19 bits per heavy atom. The van der Waals surface area contributed by atoms with Crippen LogP contribution in [0.25, 0.3) is 0 Å². The normalized spacial score (nSPS) is 17.7. The second-order valence-electron chi connectivity index (χ2n) is 7.11. The third-order valence-electron chi connectivity index (χ3n) is 4.99. The van der Waals surface area contributed by atoms with Crippen LogP contribution in [-0.2, 0) is 16.1 Å². The maximum absolute atomic E-state index is 12.4. The first-order valence-electron chi connectivity index (χ1n) is 9.81. The molecular formula is C21H32N2O3. The van der Waals surface area contributed by atoms with Gasteiger partial charge in [0.15, 0.2) is 0 Å². The van der Waals surface area contributed by atoms with Crippen molar-refractivity contribution in [2.75, 3.05) is 26.7 Å². The largest absolute Gasteiger partial charge is 0.465 e. The molecule has 1 amide bonds. The van der Waals surface area contributed by atoms with Gasteiger partial charge in [-0.15, -0.1) is 0 Å². The molecule has 1 fully saturated rings. The number of hydrogen-bond acceptors (Lipinski definition) is 4. The summed E-state index contributed by atoms with van der Waals surface area (Å²) in [6.45, 7) is 5.61. The Morgan fingerprint density at radius 3 is 2.65 bits per heavy atom. The average molecular weight is 360 g/mol. The van der Waals surface area contributed by atoms with E-state index >= 15 is 0 Å². The molecular weight excluding hydrogens is 328 g/mol. The molecule has 144 valence electrons. The Morgan fingerprint density at radius 2 is 1.96 bits per heavy atom. The first-order chi connectivity index (χ1) is 12.6. The summed E-state index contributed by atoms with van der Waals surface area (Å²) in [6.07, 6.45) is 6.73. The van der Waals surface area contributed by atoms with Crippen LogP contribution in [-0.4, -0.2) is 43.5 Å². The van der Waals surface area contributed by atoms with Gasteiger partial charge in [0, 0.05) is 19.6 Å². The van der Waals surface area contributed by atoms with E-state index in [1.165, 1.54) is 26.4 Å². The van der Waals surface area contributed by atoms with E-state index in [-0.39, 0.29) is 17.8 Å². The number of rotatable bonds is 9. The van der Waals surface area contributed by atoms with Crippen molar-refractivity contribution in [2.24, 2.45) is 5.92 Å². The third kappa shape index (κ3) is 6.45. The Hall–Kier alpha value is -1.88. The maximum atomic E-state index is 12.4. The summed E-state index contributed by atoms with van der Waals surface area (Å²) in [7, 11) is 1.39. The summed E-state index contributed by atoms with van der Waals surface area (Å²) < 4.78 is 4.73. The minimum absolute atomic E-state index is 0.0873. The number of carbonyl (C=O) groups is 2. The lowest BCUT2D eigenvalue weighted by atomic mass is 9.96. The predicted molar refractivity (Wildman–Crippen MR) is 103 cm³/mol. The molecule has 1 atom stereocenters. The average Bonchev–Trinajstić information content (AvgIpc) is 2.68. The van der Waals surface area contributed by atoms with Crippen molar-refractivity contribution in [3.05, 3.63) is 35.4 Å². The van der Waals surface area contributed by atoms with E-state index in [0.717, 1.165) is 51.0 Å². The van der Waals surface area contributed by atoms with Gasteiger partial charge < -0.3 is 10.1 Å². The van der Waals surface area contributed by atoms with E-state index in [4.69, 9.17) is 4.74 Å². The standard InChI is InChI=1S/C21H32N2O3/c1-3-4-5-6-13-22-20(24)19-8-7-14-23(16-19)15-17-9-11-18(12-10-17)21(25)26-2/h9-12,19H,3-8,13-16H2,1-2H3,(H,22,24). The first kappa shape index (κ1) is 20.4. The van der Waals surface area contributed by atoms with Gasteiger partial charge in [0.25, 0.3) is 0 Å². The molecule has 0 spiro atoms. The fraction of sp³-hybridized carbons (Fsp3) is 0.619.